The molecule has 4 nitrogen and oxygen atoms in total. The van der Waals surface area contributed by atoms with Crippen LogP contribution in [0.1, 0.15) is 19.8 Å². The molecule has 1 heterocycles. The maximum atomic E-state index is 11.5. The number of sulfone groups is 1. The number of carbonyl (C=O) groups excluding carboxylic acids is 1. The minimum atomic E-state index is -2.96. The third-order valence-electron chi connectivity index (χ3n) is 2.49. The first-order chi connectivity index (χ1) is 6.94. The molecule has 0 saturated carbocycles. The summed E-state index contributed by atoms with van der Waals surface area (Å²) < 4.78 is 22.6. The Bertz CT molecular complexity index is 328. The van der Waals surface area contributed by atoms with E-state index in [1.54, 1.807) is 6.92 Å². The second-order valence-electron chi connectivity index (χ2n) is 4.02. The van der Waals surface area contributed by atoms with Crippen molar-refractivity contribution in [2.24, 2.45) is 5.92 Å². The normalized spacial score (nSPS) is 26.9. The van der Waals surface area contributed by atoms with Crippen LogP contribution >= 0.6 is 11.6 Å². The minimum Gasteiger partial charge on any atom is -0.352 e. The highest BCUT2D eigenvalue weighted by Crippen LogP contribution is 2.12. The van der Waals surface area contributed by atoms with E-state index in [1.165, 1.54) is 0 Å². The summed E-state index contributed by atoms with van der Waals surface area (Å²) in [6.45, 7) is 1.72. The Balaban J connectivity index is 2.49. The summed E-state index contributed by atoms with van der Waals surface area (Å²) in [5.41, 5.74) is 0. The van der Waals surface area contributed by atoms with Gasteiger partial charge in [0.1, 0.15) is 0 Å². The zero-order valence-electron chi connectivity index (χ0n) is 8.70. The lowest BCUT2D eigenvalue weighted by molar-refractivity contribution is -0.124. The zero-order valence-corrected chi connectivity index (χ0v) is 10.3. The van der Waals surface area contributed by atoms with Crippen molar-refractivity contribution in [2.75, 3.05) is 17.4 Å². The lowest BCUT2D eigenvalue weighted by Crippen LogP contribution is -2.45. The topological polar surface area (TPSA) is 63.2 Å². The van der Waals surface area contributed by atoms with E-state index in [0.29, 0.717) is 6.42 Å². The molecule has 2 unspecified atom stereocenters. The Morgan fingerprint density at radius 3 is 2.80 bits per heavy atom. The van der Waals surface area contributed by atoms with Gasteiger partial charge in [-0.05, 0) is 12.8 Å². The highest BCUT2D eigenvalue weighted by atomic mass is 35.5. The van der Waals surface area contributed by atoms with Crippen LogP contribution in [0.4, 0.5) is 0 Å². The number of hydrogen-bond donors (Lipinski definition) is 1. The number of amides is 1. The first-order valence-electron chi connectivity index (χ1n) is 5.01. The largest absolute Gasteiger partial charge is 0.352 e. The van der Waals surface area contributed by atoms with Crippen LogP contribution in [0, 0.1) is 5.92 Å². The summed E-state index contributed by atoms with van der Waals surface area (Å²) in [5.74, 6) is 0.132. The van der Waals surface area contributed by atoms with Crippen LogP contribution < -0.4 is 5.32 Å². The van der Waals surface area contributed by atoms with Crippen molar-refractivity contribution in [3.8, 4) is 0 Å². The third kappa shape index (κ3) is 3.99. The van der Waals surface area contributed by atoms with Crippen LogP contribution in [-0.2, 0) is 14.6 Å². The molecule has 1 saturated heterocycles. The van der Waals surface area contributed by atoms with Gasteiger partial charge in [-0.15, -0.1) is 11.6 Å². The summed E-state index contributed by atoms with van der Waals surface area (Å²) >= 11 is 5.54. The molecule has 0 aromatic heterocycles. The Labute approximate surface area is 95.3 Å². The van der Waals surface area contributed by atoms with E-state index in [4.69, 9.17) is 11.6 Å². The molecule has 0 radical (unpaired) electrons. The van der Waals surface area contributed by atoms with Gasteiger partial charge in [0.05, 0.1) is 11.5 Å². The Kier molecular flexibility index (Phi) is 4.40. The van der Waals surface area contributed by atoms with Crippen molar-refractivity contribution < 1.29 is 13.2 Å². The SMILES string of the molecule is CC(CCl)C(=O)NC1CCCS(=O)(=O)C1. The van der Waals surface area contributed by atoms with E-state index in [-0.39, 0.29) is 35.3 Å². The molecule has 1 aliphatic heterocycles. The third-order valence-corrected chi connectivity index (χ3v) is 4.77. The van der Waals surface area contributed by atoms with Gasteiger partial charge in [0.2, 0.25) is 5.91 Å². The molecule has 88 valence electrons. The average Bonchev–Trinajstić information content (AvgIpc) is 2.14. The van der Waals surface area contributed by atoms with E-state index in [2.05, 4.69) is 5.32 Å². The van der Waals surface area contributed by atoms with Gasteiger partial charge in [0.15, 0.2) is 9.84 Å². The molecular weight excluding hydrogens is 238 g/mol. The zero-order chi connectivity index (χ0) is 11.5. The fourth-order valence-electron chi connectivity index (χ4n) is 1.55. The molecule has 6 heteroatoms. The highest BCUT2D eigenvalue weighted by Gasteiger charge is 2.26. The maximum absolute atomic E-state index is 11.5. The summed E-state index contributed by atoms with van der Waals surface area (Å²) in [5, 5.41) is 2.72. The van der Waals surface area contributed by atoms with E-state index in [9.17, 15) is 13.2 Å². The summed E-state index contributed by atoms with van der Waals surface area (Å²) in [6.07, 6.45) is 1.36. The maximum Gasteiger partial charge on any atom is 0.224 e. The van der Waals surface area contributed by atoms with Gasteiger partial charge >= 0.3 is 0 Å². The van der Waals surface area contributed by atoms with Gasteiger partial charge in [0.25, 0.3) is 0 Å². The fourth-order valence-corrected chi connectivity index (χ4v) is 3.33. The van der Waals surface area contributed by atoms with Crippen LogP contribution in [0.2, 0.25) is 0 Å². The standard InChI is InChI=1S/C9H16ClNO3S/c1-7(5-10)9(12)11-8-3-2-4-15(13,14)6-8/h7-8H,2-6H2,1H3,(H,11,12). The van der Waals surface area contributed by atoms with Crippen molar-refractivity contribution in [3.05, 3.63) is 0 Å². The van der Waals surface area contributed by atoms with Crippen LogP contribution in [0.25, 0.3) is 0 Å². The van der Waals surface area contributed by atoms with E-state index < -0.39 is 9.84 Å². The molecule has 0 bridgehead atoms. The molecular formula is C9H16ClNO3S. The Morgan fingerprint density at radius 1 is 1.60 bits per heavy atom. The van der Waals surface area contributed by atoms with Gasteiger partial charge < -0.3 is 5.32 Å². The minimum absolute atomic E-state index is 0.0632. The van der Waals surface area contributed by atoms with Gasteiger partial charge in [-0.1, -0.05) is 6.92 Å². The van der Waals surface area contributed by atoms with E-state index in [1.807, 2.05) is 0 Å². The second-order valence-corrected chi connectivity index (χ2v) is 6.55. The predicted octanol–water partition coefficient (Wildman–Crippen LogP) is 0.555. The van der Waals surface area contributed by atoms with Crippen molar-refractivity contribution in [1.29, 1.82) is 0 Å². The molecule has 0 aromatic rings. The second kappa shape index (κ2) is 5.16. The number of rotatable bonds is 3. The van der Waals surface area contributed by atoms with Gasteiger partial charge in [-0.2, -0.15) is 0 Å². The molecule has 2 atom stereocenters. The molecule has 1 rings (SSSR count). The first-order valence-corrected chi connectivity index (χ1v) is 7.37. The number of alkyl halides is 1. The Morgan fingerprint density at radius 2 is 2.27 bits per heavy atom. The monoisotopic (exact) mass is 253 g/mol. The van der Waals surface area contributed by atoms with E-state index in [0.717, 1.165) is 6.42 Å². The number of halogens is 1. The quantitative estimate of drug-likeness (QED) is 0.748. The molecule has 0 aliphatic carbocycles. The van der Waals surface area contributed by atoms with Crippen molar-refractivity contribution in [3.63, 3.8) is 0 Å². The summed E-state index contributed by atoms with van der Waals surface area (Å²) in [6, 6.07) is -0.234. The van der Waals surface area contributed by atoms with Crippen LogP contribution in [0.3, 0.4) is 0 Å². The molecule has 1 amide bonds. The van der Waals surface area contributed by atoms with Gasteiger partial charge in [-0.3, -0.25) is 4.79 Å². The van der Waals surface area contributed by atoms with Crippen molar-refractivity contribution in [2.45, 2.75) is 25.8 Å². The lowest BCUT2D eigenvalue weighted by atomic mass is 10.1. The lowest BCUT2D eigenvalue weighted by Gasteiger charge is -2.24. The molecule has 1 aliphatic rings. The summed E-state index contributed by atoms with van der Waals surface area (Å²) in [7, 11) is -2.96. The smallest absolute Gasteiger partial charge is 0.224 e. The molecule has 0 spiro atoms. The molecule has 1 N–H and O–H groups in total. The van der Waals surface area contributed by atoms with Crippen molar-refractivity contribution >= 4 is 27.3 Å². The molecule has 0 aromatic carbocycles. The van der Waals surface area contributed by atoms with Crippen molar-refractivity contribution in [1.82, 2.24) is 5.32 Å². The molecule has 1 fully saturated rings. The Hall–Kier alpha value is -0.290. The predicted molar refractivity (Wildman–Crippen MR) is 59.7 cm³/mol. The fraction of sp³-hybridized carbons (Fsp3) is 0.889. The van der Waals surface area contributed by atoms with Crippen LogP contribution in [-0.4, -0.2) is 37.8 Å². The molecule has 15 heavy (non-hydrogen) atoms. The first kappa shape index (κ1) is 12.8. The summed E-state index contributed by atoms with van der Waals surface area (Å²) in [4.78, 5) is 11.5. The average molecular weight is 254 g/mol. The number of hydrogen-bond acceptors (Lipinski definition) is 3. The number of carbonyl (C=O) groups is 1. The van der Waals surface area contributed by atoms with Crippen LogP contribution in [0.5, 0.6) is 0 Å². The van der Waals surface area contributed by atoms with E-state index >= 15 is 0 Å². The van der Waals surface area contributed by atoms with Gasteiger partial charge in [0, 0.05) is 17.8 Å². The van der Waals surface area contributed by atoms with Gasteiger partial charge in [-0.25, -0.2) is 8.42 Å². The highest BCUT2D eigenvalue weighted by molar-refractivity contribution is 7.91. The number of nitrogens with one attached hydrogen (secondary N) is 1. The van der Waals surface area contributed by atoms with Crippen LogP contribution in [0.15, 0.2) is 0 Å².